The molecule has 0 aromatic heterocycles. The molecule has 1 amide bonds. The van der Waals surface area contributed by atoms with E-state index in [4.69, 9.17) is 13.9 Å². The van der Waals surface area contributed by atoms with Crippen LogP contribution in [0.15, 0.2) is 0 Å². The van der Waals surface area contributed by atoms with Crippen molar-refractivity contribution in [2.24, 2.45) is 0 Å². The quantitative estimate of drug-likeness (QED) is 0.709. The highest BCUT2D eigenvalue weighted by Gasteiger charge is 2.42. The van der Waals surface area contributed by atoms with Crippen molar-refractivity contribution in [2.75, 3.05) is 13.7 Å². The largest absolute Gasteiger partial charge is 0.444 e. The molecule has 5 nitrogen and oxygen atoms in total. The maximum absolute atomic E-state index is 12.5. The molecule has 0 unspecified atom stereocenters. The van der Waals surface area contributed by atoms with Crippen LogP contribution in [-0.4, -0.2) is 50.9 Å². The number of hydrogen-bond donors (Lipinski definition) is 0. The maximum Gasteiger partial charge on any atom is 0.412 e. The van der Waals surface area contributed by atoms with E-state index in [2.05, 4.69) is 33.9 Å². The molecule has 0 aromatic carbocycles. The minimum absolute atomic E-state index is 0.0175. The molecule has 1 heterocycles. The molecule has 2 atom stereocenters. The first-order valence-corrected chi connectivity index (χ1v) is 11.4. The van der Waals surface area contributed by atoms with E-state index in [1.54, 1.807) is 12.0 Å². The number of amides is 1. The summed E-state index contributed by atoms with van der Waals surface area (Å²) in [4.78, 5) is 14.3. The molecule has 0 radical (unpaired) electrons. The van der Waals surface area contributed by atoms with Crippen LogP contribution in [0, 0.1) is 0 Å². The van der Waals surface area contributed by atoms with Gasteiger partial charge in [0.1, 0.15) is 11.8 Å². The normalized spacial score (nSPS) is 23.3. The van der Waals surface area contributed by atoms with E-state index in [-0.39, 0.29) is 23.4 Å². The van der Waals surface area contributed by atoms with Crippen LogP contribution in [0.3, 0.4) is 0 Å². The molecular weight excluding hydrogens is 310 g/mol. The van der Waals surface area contributed by atoms with Crippen LogP contribution in [0.1, 0.15) is 54.4 Å². The Balaban J connectivity index is 2.79. The van der Waals surface area contributed by atoms with E-state index in [1.165, 1.54) is 0 Å². The van der Waals surface area contributed by atoms with Gasteiger partial charge in [0.15, 0.2) is 8.32 Å². The Kier molecular flexibility index (Phi) is 6.32. The molecule has 0 saturated carbocycles. The van der Waals surface area contributed by atoms with Gasteiger partial charge in [-0.2, -0.15) is 0 Å². The molecule has 0 N–H and O–H groups in total. The van der Waals surface area contributed by atoms with Gasteiger partial charge in [-0.1, -0.05) is 20.8 Å². The van der Waals surface area contributed by atoms with Crippen molar-refractivity contribution in [3.8, 4) is 0 Å². The number of methoxy groups -OCH3 is 1. The monoisotopic (exact) mass is 345 g/mol. The molecular formula is C17H35NO4Si. The number of carbonyl (C=O) groups excluding carboxylic acids is 1. The topological polar surface area (TPSA) is 48.0 Å². The summed E-state index contributed by atoms with van der Waals surface area (Å²) in [5, 5.41) is 0.156. The highest BCUT2D eigenvalue weighted by Crippen LogP contribution is 2.37. The highest BCUT2D eigenvalue weighted by atomic mass is 28.4. The van der Waals surface area contributed by atoms with Crippen molar-refractivity contribution in [1.82, 2.24) is 4.90 Å². The number of rotatable bonds is 4. The minimum Gasteiger partial charge on any atom is -0.444 e. The van der Waals surface area contributed by atoms with E-state index in [9.17, 15) is 4.79 Å². The van der Waals surface area contributed by atoms with Gasteiger partial charge in [-0.05, 0) is 51.7 Å². The van der Waals surface area contributed by atoms with Crippen molar-refractivity contribution in [3.63, 3.8) is 0 Å². The predicted molar refractivity (Wildman–Crippen MR) is 95.0 cm³/mol. The van der Waals surface area contributed by atoms with Crippen LogP contribution in [0.5, 0.6) is 0 Å². The molecule has 0 spiro atoms. The Morgan fingerprint density at radius 1 is 1.13 bits per heavy atom. The Bertz CT molecular complexity index is 412. The molecule has 1 rings (SSSR count). The van der Waals surface area contributed by atoms with E-state index in [0.717, 1.165) is 12.8 Å². The molecule has 0 aliphatic carbocycles. The smallest absolute Gasteiger partial charge is 0.412 e. The molecule has 23 heavy (non-hydrogen) atoms. The van der Waals surface area contributed by atoms with Gasteiger partial charge in [0.2, 0.25) is 0 Å². The van der Waals surface area contributed by atoms with Gasteiger partial charge in [0, 0.05) is 7.11 Å². The number of nitrogens with zero attached hydrogens (tertiary/aromatic N) is 1. The van der Waals surface area contributed by atoms with Gasteiger partial charge in [-0.3, -0.25) is 4.90 Å². The van der Waals surface area contributed by atoms with Gasteiger partial charge in [0.25, 0.3) is 0 Å². The average Bonchev–Trinajstić information content (AvgIpc) is 2.75. The Hall–Kier alpha value is -0.593. The zero-order valence-corrected chi connectivity index (χ0v) is 17.4. The SMILES string of the molecule is CO[C@@H]1CC[C@H](CO[Si](C)(C)C(C)(C)C)N1C(=O)OC(C)(C)C. The number of ether oxygens (including phenoxy) is 2. The zero-order chi connectivity index (χ0) is 18.1. The Morgan fingerprint density at radius 3 is 2.13 bits per heavy atom. The molecule has 1 saturated heterocycles. The second-order valence-corrected chi connectivity index (χ2v) is 13.7. The molecule has 1 aliphatic heterocycles. The fourth-order valence-electron chi connectivity index (χ4n) is 2.35. The third-order valence-corrected chi connectivity index (χ3v) is 9.27. The number of likely N-dealkylation sites (tertiary alicyclic amines) is 1. The summed E-state index contributed by atoms with van der Waals surface area (Å²) in [6.45, 7) is 17.3. The van der Waals surface area contributed by atoms with Gasteiger partial charge in [-0.25, -0.2) is 4.79 Å². The second kappa shape index (κ2) is 7.11. The lowest BCUT2D eigenvalue weighted by Crippen LogP contribution is -2.49. The average molecular weight is 346 g/mol. The molecule has 1 fully saturated rings. The van der Waals surface area contributed by atoms with Crippen molar-refractivity contribution >= 4 is 14.4 Å². The number of carbonyl (C=O) groups is 1. The summed E-state index contributed by atoms with van der Waals surface area (Å²) >= 11 is 0. The van der Waals surface area contributed by atoms with Crippen LogP contribution in [0.4, 0.5) is 4.79 Å². The fourth-order valence-corrected chi connectivity index (χ4v) is 3.39. The molecule has 0 aromatic rings. The van der Waals surface area contributed by atoms with Gasteiger partial charge >= 0.3 is 6.09 Å². The van der Waals surface area contributed by atoms with Crippen molar-refractivity contribution in [1.29, 1.82) is 0 Å². The predicted octanol–water partition coefficient (Wildman–Crippen LogP) is 4.38. The zero-order valence-electron chi connectivity index (χ0n) is 16.4. The lowest BCUT2D eigenvalue weighted by molar-refractivity contribution is -0.0464. The third kappa shape index (κ3) is 5.47. The van der Waals surface area contributed by atoms with Crippen LogP contribution >= 0.6 is 0 Å². The summed E-state index contributed by atoms with van der Waals surface area (Å²) in [6, 6.07) is 0.0175. The lowest BCUT2D eigenvalue weighted by atomic mass is 10.2. The molecule has 0 bridgehead atoms. The van der Waals surface area contributed by atoms with Gasteiger partial charge in [-0.15, -0.1) is 0 Å². The van der Waals surface area contributed by atoms with E-state index < -0.39 is 13.9 Å². The summed E-state index contributed by atoms with van der Waals surface area (Å²) < 4.78 is 17.3. The molecule has 136 valence electrons. The summed E-state index contributed by atoms with van der Waals surface area (Å²) in [7, 11) is -0.197. The standard InChI is InChI=1S/C17H35NO4Si/c1-16(2,3)22-15(19)18-13(10-11-14(18)20-7)12-21-23(8,9)17(4,5)6/h13-14H,10-12H2,1-9H3/t13-,14-/m1/s1. The van der Waals surface area contributed by atoms with Crippen LogP contribution in [0.2, 0.25) is 18.1 Å². The fraction of sp³-hybridized carbons (Fsp3) is 0.941. The summed E-state index contributed by atoms with van der Waals surface area (Å²) in [5.41, 5.74) is -0.511. The van der Waals surface area contributed by atoms with E-state index in [0.29, 0.717) is 6.61 Å². The molecule has 6 heteroatoms. The van der Waals surface area contributed by atoms with Crippen molar-refractivity contribution < 1.29 is 18.7 Å². The first-order valence-electron chi connectivity index (χ1n) is 8.46. The lowest BCUT2D eigenvalue weighted by Gasteiger charge is -2.38. The highest BCUT2D eigenvalue weighted by molar-refractivity contribution is 6.74. The van der Waals surface area contributed by atoms with Gasteiger partial charge in [0.05, 0.1) is 12.6 Å². The summed E-state index contributed by atoms with van der Waals surface area (Å²) in [6.07, 6.45) is 1.16. The Labute approximate surface area is 142 Å². The summed E-state index contributed by atoms with van der Waals surface area (Å²) in [5.74, 6) is 0. The third-order valence-electron chi connectivity index (χ3n) is 4.77. The van der Waals surface area contributed by atoms with E-state index >= 15 is 0 Å². The number of hydrogen-bond acceptors (Lipinski definition) is 4. The van der Waals surface area contributed by atoms with Crippen molar-refractivity contribution in [3.05, 3.63) is 0 Å². The van der Waals surface area contributed by atoms with Crippen LogP contribution in [-0.2, 0) is 13.9 Å². The minimum atomic E-state index is -1.84. The van der Waals surface area contributed by atoms with Crippen LogP contribution < -0.4 is 0 Å². The maximum atomic E-state index is 12.5. The first kappa shape index (κ1) is 20.5. The van der Waals surface area contributed by atoms with Crippen LogP contribution in [0.25, 0.3) is 0 Å². The van der Waals surface area contributed by atoms with E-state index in [1.807, 2.05) is 20.8 Å². The second-order valence-electron chi connectivity index (χ2n) is 8.88. The van der Waals surface area contributed by atoms with Crippen molar-refractivity contribution in [2.45, 2.75) is 90.4 Å². The Morgan fingerprint density at radius 2 is 1.70 bits per heavy atom. The first-order chi connectivity index (χ1) is 10.3. The molecule has 1 aliphatic rings. The van der Waals surface area contributed by atoms with Gasteiger partial charge < -0.3 is 13.9 Å².